The molecule has 1 aliphatic carbocycles. The van der Waals surface area contributed by atoms with E-state index >= 15 is 0 Å². The molecule has 0 radical (unpaired) electrons. The molecule has 1 heterocycles. The van der Waals surface area contributed by atoms with Crippen LogP contribution in [0.25, 0.3) is 0 Å². The van der Waals surface area contributed by atoms with E-state index in [9.17, 15) is 24.5 Å². The van der Waals surface area contributed by atoms with Crippen molar-refractivity contribution in [2.45, 2.75) is 40.0 Å². The normalized spacial score (nSPS) is 25.1. The third kappa shape index (κ3) is 3.24. The molecule has 1 aromatic carbocycles. The summed E-state index contributed by atoms with van der Waals surface area (Å²) in [5.74, 6) is -0.911. The van der Waals surface area contributed by atoms with Crippen LogP contribution >= 0.6 is 0 Å². The molecule has 3 amide bonds. The Labute approximate surface area is 168 Å². The van der Waals surface area contributed by atoms with Crippen molar-refractivity contribution in [1.29, 1.82) is 0 Å². The predicted molar refractivity (Wildman–Crippen MR) is 104 cm³/mol. The number of hydrogen-bond acceptors (Lipinski definition) is 6. The van der Waals surface area contributed by atoms with Gasteiger partial charge in [0.1, 0.15) is 5.75 Å². The van der Waals surface area contributed by atoms with Gasteiger partial charge in [-0.2, -0.15) is 0 Å². The number of carbonyl (C=O) groups is 3. The average molecular weight is 403 g/mol. The number of anilines is 1. The topological polar surface area (TPSA) is 119 Å². The molecular weight excluding hydrogens is 378 g/mol. The van der Waals surface area contributed by atoms with Gasteiger partial charge < -0.3 is 10.1 Å². The molecule has 29 heavy (non-hydrogen) atoms. The van der Waals surface area contributed by atoms with Crippen molar-refractivity contribution in [2.75, 3.05) is 19.0 Å². The van der Waals surface area contributed by atoms with Gasteiger partial charge in [0.25, 0.3) is 5.69 Å². The Morgan fingerprint density at radius 2 is 2.03 bits per heavy atom. The summed E-state index contributed by atoms with van der Waals surface area (Å²) >= 11 is 0. The summed E-state index contributed by atoms with van der Waals surface area (Å²) in [4.78, 5) is 49.7. The highest BCUT2D eigenvalue weighted by Crippen LogP contribution is 2.60. The van der Waals surface area contributed by atoms with Crippen LogP contribution in [0.1, 0.15) is 40.0 Å². The van der Waals surface area contributed by atoms with Gasteiger partial charge in [0.2, 0.25) is 17.7 Å². The van der Waals surface area contributed by atoms with Crippen LogP contribution in [0.4, 0.5) is 11.4 Å². The standard InChI is InChI=1S/C20H25N3O6/c1-19(2)13-7-9-20(19,3)18(26)22(17(13)25)10-8-16(24)21-14-6-5-12(23(27)28)11-15(14)29-4/h5-6,11,13H,7-10H2,1-4H3,(H,21,24). The molecule has 2 bridgehead atoms. The summed E-state index contributed by atoms with van der Waals surface area (Å²) in [5, 5.41) is 13.5. The Morgan fingerprint density at radius 1 is 1.34 bits per heavy atom. The fourth-order valence-corrected chi connectivity index (χ4v) is 4.44. The molecule has 1 N–H and O–H groups in total. The first-order valence-electron chi connectivity index (χ1n) is 9.51. The number of non-ortho nitro benzene ring substituents is 1. The Bertz CT molecular complexity index is 896. The second-order valence-corrected chi connectivity index (χ2v) is 8.38. The van der Waals surface area contributed by atoms with Gasteiger partial charge in [0.15, 0.2) is 0 Å². The minimum Gasteiger partial charge on any atom is -0.494 e. The number of nitro benzene ring substituents is 1. The zero-order valence-electron chi connectivity index (χ0n) is 17.0. The van der Waals surface area contributed by atoms with E-state index in [4.69, 9.17) is 4.74 Å². The molecule has 2 fully saturated rings. The number of fused-ring (bicyclic) bond motifs is 2. The monoisotopic (exact) mass is 403 g/mol. The Morgan fingerprint density at radius 3 is 2.66 bits per heavy atom. The van der Waals surface area contributed by atoms with Crippen LogP contribution in [0.15, 0.2) is 18.2 Å². The third-order valence-corrected chi connectivity index (χ3v) is 6.74. The number of imide groups is 1. The van der Waals surface area contributed by atoms with E-state index in [1.54, 1.807) is 0 Å². The quantitative estimate of drug-likeness (QED) is 0.443. The molecule has 156 valence electrons. The molecule has 0 spiro atoms. The van der Waals surface area contributed by atoms with Crippen LogP contribution in [-0.2, 0) is 14.4 Å². The number of nitrogens with one attached hydrogen (secondary N) is 1. The highest BCUT2D eigenvalue weighted by Gasteiger charge is 2.64. The van der Waals surface area contributed by atoms with Crippen LogP contribution in [0.3, 0.4) is 0 Å². The summed E-state index contributed by atoms with van der Waals surface area (Å²) in [7, 11) is 1.35. The van der Waals surface area contributed by atoms with Crippen LogP contribution in [-0.4, -0.2) is 41.2 Å². The zero-order chi connectivity index (χ0) is 21.6. The maximum Gasteiger partial charge on any atom is 0.273 e. The average Bonchev–Trinajstić information content (AvgIpc) is 2.85. The lowest BCUT2D eigenvalue weighted by molar-refractivity contribution is -0.384. The first-order chi connectivity index (χ1) is 13.5. The third-order valence-electron chi connectivity index (χ3n) is 6.74. The van der Waals surface area contributed by atoms with E-state index in [-0.39, 0.29) is 47.8 Å². The number of carbonyl (C=O) groups excluding carboxylic acids is 3. The Kier molecular flexibility index (Phi) is 5.10. The van der Waals surface area contributed by atoms with E-state index in [0.717, 1.165) is 0 Å². The smallest absolute Gasteiger partial charge is 0.273 e. The van der Waals surface area contributed by atoms with Gasteiger partial charge in [-0.05, 0) is 24.3 Å². The molecule has 3 rings (SSSR count). The molecule has 2 aliphatic rings. The molecule has 2 unspecified atom stereocenters. The van der Waals surface area contributed by atoms with Gasteiger partial charge in [0, 0.05) is 24.9 Å². The highest BCUT2D eigenvalue weighted by atomic mass is 16.6. The number of hydrogen-bond donors (Lipinski definition) is 1. The molecule has 2 atom stereocenters. The number of likely N-dealkylation sites (tertiary alicyclic amines) is 1. The number of rotatable bonds is 6. The number of nitro groups is 1. The van der Waals surface area contributed by atoms with Gasteiger partial charge in [-0.15, -0.1) is 0 Å². The van der Waals surface area contributed by atoms with Crippen molar-refractivity contribution >= 4 is 29.1 Å². The van der Waals surface area contributed by atoms with Crippen molar-refractivity contribution < 1.29 is 24.0 Å². The summed E-state index contributed by atoms with van der Waals surface area (Å²) in [5.41, 5.74) is -0.876. The van der Waals surface area contributed by atoms with E-state index in [0.29, 0.717) is 12.8 Å². The van der Waals surface area contributed by atoms with E-state index in [2.05, 4.69) is 5.32 Å². The van der Waals surface area contributed by atoms with E-state index in [1.807, 2.05) is 20.8 Å². The Balaban J connectivity index is 1.68. The molecular formula is C20H25N3O6. The second kappa shape index (κ2) is 7.13. The molecule has 1 aromatic rings. The fourth-order valence-electron chi connectivity index (χ4n) is 4.44. The number of nitrogens with zero attached hydrogens (tertiary/aromatic N) is 2. The van der Waals surface area contributed by atoms with Crippen LogP contribution < -0.4 is 10.1 Å². The first kappa shape index (κ1) is 20.8. The molecule has 0 aromatic heterocycles. The highest BCUT2D eigenvalue weighted by molar-refractivity contribution is 6.04. The van der Waals surface area contributed by atoms with E-state index < -0.39 is 21.7 Å². The van der Waals surface area contributed by atoms with Crippen molar-refractivity contribution in [3.8, 4) is 5.75 Å². The maximum atomic E-state index is 13.0. The van der Waals surface area contributed by atoms with Crippen molar-refractivity contribution in [3.63, 3.8) is 0 Å². The lowest BCUT2D eigenvalue weighted by atomic mass is 9.62. The minimum absolute atomic E-state index is 0.000959. The second-order valence-electron chi connectivity index (χ2n) is 8.38. The zero-order valence-corrected chi connectivity index (χ0v) is 17.0. The SMILES string of the molecule is COc1cc([N+](=O)[O-])ccc1NC(=O)CCN1C(=O)C2CCC(C)(C1=O)C2(C)C. The van der Waals surface area contributed by atoms with Crippen molar-refractivity contribution in [3.05, 3.63) is 28.3 Å². The minimum atomic E-state index is -0.608. The largest absolute Gasteiger partial charge is 0.494 e. The summed E-state index contributed by atoms with van der Waals surface area (Å²) in [6.07, 6.45) is 1.27. The summed E-state index contributed by atoms with van der Waals surface area (Å²) in [6.45, 7) is 5.83. The van der Waals surface area contributed by atoms with Crippen LogP contribution in [0, 0.1) is 26.9 Å². The van der Waals surface area contributed by atoms with Gasteiger partial charge in [0.05, 0.1) is 29.2 Å². The number of benzene rings is 1. The van der Waals surface area contributed by atoms with Gasteiger partial charge >= 0.3 is 0 Å². The Hall–Kier alpha value is -2.97. The number of methoxy groups -OCH3 is 1. The number of amides is 3. The molecule has 9 heteroatoms. The first-order valence-corrected chi connectivity index (χ1v) is 9.51. The maximum absolute atomic E-state index is 13.0. The molecule has 9 nitrogen and oxygen atoms in total. The fraction of sp³-hybridized carbons (Fsp3) is 0.550. The van der Waals surface area contributed by atoms with Gasteiger partial charge in [-0.3, -0.25) is 29.4 Å². The van der Waals surface area contributed by atoms with Crippen molar-refractivity contribution in [1.82, 2.24) is 4.90 Å². The number of piperidine rings is 1. The predicted octanol–water partition coefficient (Wildman–Crippen LogP) is 2.74. The lowest BCUT2D eigenvalue weighted by Crippen LogP contribution is -2.59. The van der Waals surface area contributed by atoms with Crippen LogP contribution in [0.5, 0.6) is 5.75 Å². The molecule has 1 aliphatic heterocycles. The van der Waals surface area contributed by atoms with E-state index in [1.165, 1.54) is 30.2 Å². The summed E-state index contributed by atoms with van der Waals surface area (Å²) in [6, 6.07) is 3.86. The van der Waals surface area contributed by atoms with Gasteiger partial charge in [-0.1, -0.05) is 20.8 Å². The number of ether oxygens (including phenoxy) is 1. The molecule has 1 saturated heterocycles. The van der Waals surface area contributed by atoms with Crippen molar-refractivity contribution in [2.24, 2.45) is 16.7 Å². The summed E-state index contributed by atoms with van der Waals surface area (Å²) < 4.78 is 5.10. The van der Waals surface area contributed by atoms with Gasteiger partial charge in [-0.25, -0.2) is 0 Å². The lowest BCUT2D eigenvalue weighted by Gasteiger charge is -2.47. The molecule has 1 saturated carbocycles. The van der Waals surface area contributed by atoms with Crippen LogP contribution in [0.2, 0.25) is 0 Å².